The molecule has 0 amide bonds. The van der Waals surface area contributed by atoms with E-state index in [4.69, 9.17) is 0 Å². The highest BCUT2D eigenvalue weighted by Gasteiger charge is 2.10. The van der Waals surface area contributed by atoms with E-state index >= 15 is 0 Å². The molecule has 0 unspecified atom stereocenters. The van der Waals surface area contributed by atoms with E-state index in [0.717, 1.165) is 0 Å². The Balaban J connectivity index is 1.06. The van der Waals surface area contributed by atoms with Gasteiger partial charge in [-0.3, -0.25) is 0 Å². The molecule has 0 N–H and O–H groups in total. The zero-order valence-corrected chi connectivity index (χ0v) is 25.2. The van der Waals surface area contributed by atoms with Crippen molar-refractivity contribution < 1.29 is 0 Å². The molecule has 10 aromatic rings. The molecule has 0 nitrogen and oxygen atoms in total. The zero-order chi connectivity index (χ0) is 30.2. The van der Waals surface area contributed by atoms with E-state index < -0.39 is 0 Å². The van der Waals surface area contributed by atoms with Crippen LogP contribution in [0.4, 0.5) is 0 Å². The standard InChI is InChI=1S/C46H28/c1-3-7-39-29(5-1)17-23-43-41(39)21-19-31-9-11-37(27-45(31)43)35-15-13-34-26-36(16-14-33(34)25-35)38-12-10-32-20-22-42-40-8-4-2-6-30(40)18-24-44(42)46(32)28-38/h1-28H. The van der Waals surface area contributed by atoms with Crippen molar-refractivity contribution in [1.29, 1.82) is 0 Å². The maximum atomic E-state index is 2.37. The van der Waals surface area contributed by atoms with Gasteiger partial charge in [-0.2, -0.15) is 0 Å². The van der Waals surface area contributed by atoms with Crippen LogP contribution in [0.3, 0.4) is 0 Å². The summed E-state index contributed by atoms with van der Waals surface area (Å²) in [5.74, 6) is 0. The van der Waals surface area contributed by atoms with Gasteiger partial charge in [0.25, 0.3) is 0 Å². The molecular formula is C46H28. The SMILES string of the molecule is c1ccc2c(c1)ccc1c3cc(-c4ccc5cc(-c6ccc7ccc8c9ccccc9ccc8c7c6)ccc5c4)ccc3ccc21. The van der Waals surface area contributed by atoms with Crippen molar-refractivity contribution in [2.24, 2.45) is 0 Å². The highest BCUT2D eigenvalue weighted by molar-refractivity contribution is 6.19. The number of rotatable bonds is 2. The summed E-state index contributed by atoms with van der Waals surface area (Å²) in [4.78, 5) is 0. The van der Waals surface area contributed by atoms with E-state index in [-0.39, 0.29) is 0 Å². The van der Waals surface area contributed by atoms with Crippen molar-refractivity contribution in [3.63, 3.8) is 0 Å². The van der Waals surface area contributed by atoms with Crippen LogP contribution in [-0.2, 0) is 0 Å². The highest BCUT2D eigenvalue weighted by atomic mass is 14.1. The minimum atomic E-state index is 1.24. The van der Waals surface area contributed by atoms with Crippen molar-refractivity contribution in [1.82, 2.24) is 0 Å². The molecule has 0 aliphatic heterocycles. The Morgan fingerprint density at radius 2 is 0.478 bits per heavy atom. The third-order valence-corrected chi connectivity index (χ3v) is 9.99. The summed E-state index contributed by atoms with van der Waals surface area (Å²) in [6.07, 6.45) is 0. The predicted molar refractivity (Wildman–Crippen MR) is 200 cm³/mol. The van der Waals surface area contributed by atoms with Crippen molar-refractivity contribution in [3.8, 4) is 22.3 Å². The molecule has 0 atom stereocenters. The topological polar surface area (TPSA) is 0 Å². The summed E-state index contributed by atoms with van der Waals surface area (Å²) in [7, 11) is 0. The molecule has 0 radical (unpaired) electrons. The monoisotopic (exact) mass is 580 g/mol. The fourth-order valence-corrected chi connectivity index (χ4v) is 7.60. The van der Waals surface area contributed by atoms with Crippen LogP contribution in [0.15, 0.2) is 170 Å². The van der Waals surface area contributed by atoms with Gasteiger partial charge in [-0.05, 0) is 122 Å². The molecule has 0 aromatic heterocycles. The smallest absolute Gasteiger partial charge is 0.00987 e. The van der Waals surface area contributed by atoms with Crippen LogP contribution in [-0.4, -0.2) is 0 Å². The van der Waals surface area contributed by atoms with Crippen LogP contribution in [0, 0.1) is 0 Å². The van der Waals surface area contributed by atoms with Gasteiger partial charge in [-0.25, -0.2) is 0 Å². The lowest BCUT2D eigenvalue weighted by atomic mass is 9.92. The number of benzene rings is 10. The molecule has 10 rings (SSSR count). The summed E-state index contributed by atoms with van der Waals surface area (Å²) >= 11 is 0. The molecule has 0 spiro atoms. The van der Waals surface area contributed by atoms with Crippen LogP contribution in [0.2, 0.25) is 0 Å². The summed E-state index contributed by atoms with van der Waals surface area (Å²) in [5.41, 5.74) is 4.97. The van der Waals surface area contributed by atoms with Crippen LogP contribution in [0.5, 0.6) is 0 Å². The largest absolute Gasteiger partial charge is 0.0616 e. The maximum Gasteiger partial charge on any atom is -0.00987 e. The third kappa shape index (κ3) is 3.87. The van der Waals surface area contributed by atoms with Crippen LogP contribution >= 0.6 is 0 Å². The first-order chi connectivity index (χ1) is 22.8. The second-order valence-corrected chi connectivity index (χ2v) is 12.5. The van der Waals surface area contributed by atoms with Gasteiger partial charge < -0.3 is 0 Å². The number of hydrogen-bond acceptors (Lipinski definition) is 0. The zero-order valence-electron chi connectivity index (χ0n) is 25.2. The molecule has 0 saturated carbocycles. The summed E-state index contributed by atoms with van der Waals surface area (Å²) in [6.45, 7) is 0. The van der Waals surface area contributed by atoms with Gasteiger partial charge in [0.1, 0.15) is 0 Å². The Hall–Kier alpha value is -5.98. The predicted octanol–water partition coefficient (Wildman–Crippen LogP) is 13.1. The summed E-state index contributed by atoms with van der Waals surface area (Å²) in [5, 5.41) is 18.1. The van der Waals surface area contributed by atoms with Crippen molar-refractivity contribution in [3.05, 3.63) is 170 Å². The van der Waals surface area contributed by atoms with E-state index in [9.17, 15) is 0 Å². The molecule has 46 heavy (non-hydrogen) atoms. The Morgan fingerprint density at radius 1 is 0.174 bits per heavy atom. The molecule has 0 bridgehead atoms. The average molecular weight is 581 g/mol. The second kappa shape index (κ2) is 9.76. The number of hydrogen-bond donors (Lipinski definition) is 0. The van der Waals surface area contributed by atoms with E-state index in [1.807, 2.05) is 0 Å². The second-order valence-electron chi connectivity index (χ2n) is 12.5. The Kier molecular flexibility index (Phi) is 5.38. The van der Waals surface area contributed by atoms with Gasteiger partial charge >= 0.3 is 0 Å². The van der Waals surface area contributed by atoms with Gasteiger partial charge in [0.2, 0.25) is 0 Å². The van der Waals surface area contributed by atoms with E-state index in [0.29, 0.717) is 0 Å². The molecule has 0 saturated heterocycles. The van der Waals surface area contributed by atoms with Crippen molar-refractivity contribution in [2.75, 3.05) is 0 Å². The van der Waals surface area contributed by atoms with Crippen LogP contribution in [0.25, 0.3) is 97.7 Å². The summed E-state index contributed by atoms with van der Waals surface area (Å²) in [6, 6.07) is 63.0. The molecular weight excluding hydrogens is 553 g/mol. The Bertz CT molecular complexity index is 2660. The van der Waals surface area contributed by atoms with Gasteiger partial charge in [0.15, 0.2) is 0 Å². The first-order valence-electron chi connectivity index (χ1n) is 16.0. The van der Waals surface area contributed by atoms with Crippen molar-refractivity contribution in [2.45, 2.75) is 0 Å². The lowest BCUT2D eigenvalue weighted by Gasteiger charge is -2.11. The first kappa shape index (κ1) is 25.4. The van der Waals surface area contributed by atoms with Crippen LogP contribution < -0.4 is 0 Å². The molecule has 0 heterocycles. The fraction of sp³-hybridized carbons (Fsp3) is 0. The third-order valence-electron chi connectivity index (χ3n) is 9.99. The lowest BCUT2D eigenvalue weighted by Crippen LogP contribution is -1.85. The fourth-order valence-electron chi connectivity index (χ4n) is 7.60. The molecule has 0 fully saturated rings. The van der Waals surface area contributed by atoms with E-state index in [2.05, 4.69) is 170 Å². The van der Waals surface area contributed by atoms with Gasteiger partial charge in [-0.15, -0.1) is 0 Å². The minimum Gasteiger partial charge on any atom is -0.0616 e. The lowest BCUT2D eigenvalue weighted by molar-refractivity contribution is 1.66. The molecule has 0 heteroatoms. The first-order valence-corrected chi connectivity index (χ1v) is 16.0. The van der Waals surface area contributed by atoms with E-state index in [1.54, 1.807) is 0 Å². The van der Waals surface area contributed by atoms with Gasteiger partial charge in [0.05, 0.1) is 0 Å². The number of fused-ring (bicyclic) bond motifs is 11. The maximum absolute atomic E-state index is 2.37. The van der Waals surface area contributed by atoms with Crippen molar-refractivity contribution >= 4 is 75.4 Å². The molecule has 10 aromatic carbocycles. The minimum absolute atomic E-state index is 1.24. The average Bonchev–Trinajstić information content (AvgIpc) is 3.13. The van der Waals surface area contributed by atoms with E-state index in [1.165, 1.54) is 97.7 Å². The normalized spacial score (nSPS) is 11.9. The molecule has 0 aliphatic rings. The Labute approximate surface area is 266 Å². The highest BCUT2D eigenvalue weighted by Crippen LogP contribution is 2.37. The van der Waals surface area contributed by atoms with Gasteiger partial charge in [-0.1, -0.05) is 146 Å². The summed E-state index contributed by atoms with van der Waals surface area (Å²) < 4.78 is 0. The molecule has 212 valence electrons. The Morgan fingerprint density at radius 3 is 0.913 bits per heavy atom. The molecule has 0 aliphatic carbocycles. The van der Waals surface area contributed by atoms with Gasteiger partial charge in [0, 0.05) is 0 Å². The van der Waals surface area contributed by atoms with Crippen LogP contribution in [0.1, 0.15) is 0 Å². The quantitative estimate of drug-likeness (QED) is 0.178.